The van der Waals surface area contributed by atoms with Crippen molar-refractivity contribution in [2.24, 2.45) is 0 Å². The minimum absolute atomic E-state index is 0.0939. The van der Waals surface area contributed by atoms with Crippen LogP contribution in [0.15, 0.2) is 15.8 Å². The molecule has 0 aliphatic carbocycles. The zero-order valence-electron chi connectivity index (χ0n) is 29.1. The van der Waals surface area contributed by atoms with Gasteiger partial charge in [-0.05, 0) is 58.7 Å². The van der Waals surface area contributed by atoms with Gasteiger partial charge in [0.25, 0.3) is 14.1 Å². The summed E-state index contributed by atoms with van der Waals surface area (Å²) in [6, 6.07) is 0.200. The lowest BCUT2D eigenvalue weighted by Gasteiger charge is -2.42. The van der Waals surface area contributed by atoms with E-state index in [1.165, 1.54) is 10.8 Å². The molecule has 1 aliphatic rings. The number of aromatic amines is 1. The van der Waals surface area contributed by atoms with Crippen LogP contribution in [-0.4, -0.2) is 78.5 Å². The zero-order valence-corrected chi connectivity index (χ0v) is 31.0. The monoisotopic (exact) mass is 669 g/mol. The molecule has 1 aliphatic heterocycles. The number of ether oxygens (including phenoxy) is 1. The van der Waals surface area contributed by atoms with Gasteiger partial charge in [-0.15, -0.1) is 0 Å². The third kappa shape index (κ3) is 10.5. The highest BCUT2D eigenvalue weighted by Gasteiger charge is 2.53. The maximum atomic E-state index is 13.4. The van der Waals surface area contributed by atoms with Crippen molar-refractivity contribution in [2.75, 3.05) is 19.7 Å². The first kappa shape index (κ1) is 39.3. The van der Waals surface area contributed by atoms with Gasteiger partial charge in [0.15, 0.2) is 8.32 Å². The van der Waals surface area contributed by atoms with Crippen molar-refractivity contribution in [1.82, 2.24) is 19.5 Å². The lowest BCUT2D eigenvalue weighted by atomic mass is 10.0. The molecule has 1 amide bonds. The molecule has 5 atom stereocenters. The number of aromatic nitrogens is 2. The molecule has 2 unspecified atom stereocenters. The topological polar surface area (TPSA) is 128 Å². The first-order valence-electron chi connectivity index (χ1n) is 16.1. The number of nitrogens with zero attached hydrogens (tertiary/aromatic N) is 3. The molecule has 12 nitrogen and oxygen atoms in total. The summed E-state index contributed by atoms with van der Waals surface area (Å²) in [7, 11) is -4.07. The Bertz CT molecular complexity index is 1250. The molecular weight excluding hydrogens is 613 g/mol. The summed E-state index contributed by atoms with van der Waals surface area (Å²) in [5, 5.41) is 2.67. The molecule has 2 N–H and O–H groups in total. The van der Waals surface area contributed by atoms with E-state index in [2.05, 4.69) is 81.4 Å². The fourth-order valence-electron chi connectivity index (χ4n) is 4.94. The number of amides is 1. The van der Waals surface area contributed by atoms with E-state index in [0.29, 0.717) is 13.0 Å². The molecule has 0 aromatic carbocycles. The first-order valence-corrected chi connectivity index (χ1v) is 20.2. The second-order valence-corrected chi connectivity index (χ2v) is 19.7. The zero-order chi connectivity index (χ0) is 34.1. The summed E-state index contributed by atoms with van der Waals surface area (Å²) in [5.41, 5.74) is -0.898. The van der Waals surface area contributed by atoms with Crippen molar-refractivity contribution in [3.63, 3.8) is 0 Å². The Morgan fingerprint density at radius 1 is 1.20 bits per heavy atom. The second kappa shape index (κ2) is 17.3. The Labute approximate surface area is 271 Å². The number of carbonyl (C=O) groups is 1. The van der Waals surface area contributed by atoms with Gasteiger partial charge in [0.05, 0.1) is 11.7 Å². The third-order valence-corrected chi connectivity index (χ3v) is 14.9. The quantitative estimate of drug-likeness (QED) is 0.0983. The lowest BCUT2D eigenvalue weighted by Crippen LogP contribution is -2.49. The van der Waals surface area contributed by atoms with E-state index in [9.17, 15) is 14.4 Å². The Balaban J connectivity index is 2.62. The minimum Gasteiger partial charge on any atom is -0.408 e. The van der Waals surface area contributed by atoms with E-state index < -0.39 is 52.5 Å². The molecule has 1 saturated heterocycles. The van der Waals surface area contributed by atoms with Gasteiger partial charge in [0.2, 0.25) is 12.5 Å². The van der Waals surface area contributed by atoms with Gasteiger partial charge in [0.1, 0.15) is 24.9 Å². The first-order chi connectivity index (χ1) is 21.0. The lowest BCUT2D eigenvalue weighted by molar-refractivity contribution is -0.121. The van der Waals surface area contributed by atoms with Crippen molar-refractivity contribution in [2.45, 2.75) is 143 Å². The average molecular weight is 670 g/mol. The van der Waals surface area contributed by atoms with Crippen LogP contribution in [0.25, 0.3) is 4.85 Å². The molecule has 1 aromatic rings. The molecule has 0 spiro atoms. The van der Waals surface area contributed by atoms with E-state index in [1.807, 2.05) is 13.8 Å². The van der Waals surface area contributed by atoms with Crippen molar-refractivity contribution in [3.8, 4) is 0 Å². The molecule has 0 saturated carbocycles. The highest BCUT2D eigenvalue weighted by atomic mass is 31.2. The Morgan fingerprint density at radius 2 is 1.84 bits per heavy atom. The van der Waals surface area contributed by atoms with E-state index in [-0.39, 0.29) is 54.7 Å². The Kier molecular flexibility index (Phi) is 15.1. The number of aryl methyl sites for hydroxylation is 1. The van der Waals surface area contributed by atoms with Crippen LogP contribution in [-0.2, 0) is 29.5 Å². The molecule has 1 fully saturated rings. The molecule has 2 heterocycles. The van der Waals surface area contributed by atoms with Gasteiger partial charge < -0.3 is 28.4 Å². The number of carbonyl (C=O) groups excluding carboxylic acids is 1. The van der Waals surface area contributed by atoms with E-state index in [0.717, 1.165) is 6.42 Å². The fraction of sp³-hybridized carbons (Fsp3) is 0.806. The standard InChI is InChI=1S/C31H56N5O7PSi/c1-13-16-33-25(37)15-18-35-20-23(29(38)34-30(35)39)26-28(43-45(11,12)31(7,8)9)27(24(14-2)41-26)42-44(40-19-17-32-10)36(21(3)4)22(5)6/h20-22,24,26-28H,13-19H2,1-9,11-12H3,(H,33,37)(H,34,38,39)/t24-,26+,27?,28-,44?/m1/s1. The summed E-state index contributed by atoms with van der Waals surface area (Å²) < 4.78 is 30.3. The van der Waals surface area contributed by atoms with Gasteiger partial charge in [-0.3, -0.25) is 19.1 Å². The number of hydrogen-bond acceptors (Lipinski definition) is 8. The molecule has 14 heteroatoms. The summed E-state index contributed by atoms with van der Waals surface area (Å²) in [6.07, 6.45) is 0.465. The van der Waals surface area contributed by atoms with Crippen molar-refractivity contribution < 1.29 is 23.0 Å². The molecular formula is C31H56N5O7PSi. The van der Waals surface area contributed by atoms with Crippen LogP contribution in [0.3, 0.4) is 0 Å². The van der Waals surface area contributed by atoms with Gasteiger partial charge in [-0.1, -0.05) is 34.6 Å². The summed E-state index contributed by atoms with van der Waals surface area (Å²) in [4.78, 5) is 44.3. The number of H-pyrrole nitrogens is 1. The third-order valence-electron chi connectivity index (χ3n) is 8.31. The maximum Gasteiger partial charge on any atom is 0.328 e. The molecule has 1 aromatic heterocycles. The predicted molar refractivity (Wildman–Crippen MR) is 181 cm³/mol. The van der Waals surface area contributed by atoms with Crippen LogP contribution < -0.4 is 16.6 Å². The van der Waals surface area contributed by atoms with Crippen LogP contribution >= 0.6 is 8.53 Å². The van der Waals surface area contributed by atoms with E-state index in [4.69, 9.17) is 24.8 Å². The molecule has 0 bridgehead atoms. The van der Waals surface area contributed by atoms with Crippen LogP contribution in [0.2, 0.25) is 18.1 Å². The second-order valence-electron chi connectivity index (χ2n) is 13.6. The average Bonchev–Trinajstić information content (AvgIpc) is 3.26. The van der Waals surface area contributed by atoms with Crippen LogP contribution in [0.5, 0.6) is 0 Å². The SMILES string of the molecule is [C-]#[N+]CCOP(OC1[C@@H](CC)O[C@@H](c2cn(CCC(=O)NCCC)c(=O)[nH]c2=O)[C@H]1O[Si](C)(C)C(C)(C)C)N(C(C)C)C(C)C. The van der Waals surface area contributed by atoms with Gasteiger partial charge in [-0.2, -0.15) is 0 Å². The fourth-order valence-corrected chi connectivity index (χ4v) is 7.99. The maximum absolute atomic E-state index is 13.4. The highest BCUT2D eigenvalue weighted by molar-refractivity contribution is 7.44. The van der Waals surface area contributed by atoms with Gasteiger partial charge >= 0.3 is 5.69 Å². The predicted octanol–water partition coefficient (Wildman–Crippen LogP) is 5.36. The van der Waals surface area contributed by atoms with Crippen molar-refractivity contribution in [3.05, 3.63) is 44.0 Å². The summed E-state index contributed by atoms with van der Waals surface area (Å²) >= 11 is 0. The van der Waals surface area contributed by atoms with Gasteiger partial charge in [-0.25, -0.2) is 16.0 Å². The summed E-state index contributed by atoms with van der Waals surface area (Å²) in [6.45, 7) is 31.4. The van der Waals surface area contributed by atoms with E-state index >= 15 is 0 Å². The highest BCUT2D eigenvalue weighted by Crippen LogP contribution is 2.52. The minimum atomic E-state index is -2.45. The number of hydrogen-bond donors (Lipinski definition) is 2. The van der Waals surface area contributed by atoms with Crippen LogP contribution in [0.4, 0.5) is 0 Å². The van der Waals surface area contributed by atoms with Gasteiger partial charge in [0, 0.05) is 37.8 Å². The summed E-state index contributed by atoms with van der Waals surface area (Å²) in [5.74, 6) is -0.168. The van der Waals surface area contributed by atoms with Crippen LogP contribution in [0.1, 0.15) is 93.2 Å². The number of rotatable bonds is 17. The smallest absolute Gasteiger partial charge is 0.328 e. The van der Waals surface area contributed by atoms with Crippen molar-refractivity contribution >= 4 is 22.8 Å². The molecule has 256 valence electrons. The molecule has 0 radical (unpaired) electrons. The largest absolute Gasteiger partial charge is 0.408 e. The van der Waals surface area contributed by atoms with Crippen molar-refractivity contribution in [1.29, 1.82) is 0 Å². The Hall–Kier alpha value is -1.91. The number of nitrogens with one attached hydrogen (secondary N) is 2. The Morgan fingerprint density at radius 3 is 2.38 bits per heavy atom. The molecule has 2 rings (SSSR count). The molecule has 45 heavy (non-hydrogen) atoms. The normalized spacial score (nSPS) is 21.4. The van der Waals surface area contributed by atoms with Crippen LogP contribution in [0, 0.1) is 6.57 Å². The van der Waals surface area contributed by atoms with E-state index in [1.54, 1.807) is 0 Å².